The molecule has 1 amide bonds. The van der Waals surface area contributed by atoms with Gasteiger partial charge in [0.2, 0.25) is 5.91 Å². The molecule has 22 heavy (non-hydrogen) atoms. The lowest BCUT2D eigenvalue weighted by molar-refractivity contribution is -0.125. The Morgan fingerprint density at radius 2 is 1.73 bits per heavy atom. The second-order valence-electron chi connectivity index (χ2n) is 6.53. The molecule has 2 aliphatic heterocycles. The van der Waals surface area contributed by atoms with Crippen molar-refractivity contribution in [2.24, 2.45) is 5.92 Å². The van der Waals surface area contributed by atoms with E-state index in [-0.39, 0.29) is 11.8 Å². The van der Waals surface area contributed by atoms with Crippen molar-refractivity contribution in [1.29, 1.82) is 0 Å². The predicted molar refractivity (Wildman–Crippen MR) is 90.0 cm³/mol. The van der Waals surface area contributed by atoms with Gasteiger partial charge in [0.25, 0.3) is 0 Å². The molecule has 0 aliphatic carbocycles. The van der Waals surface area contributed by atoms with Crippen molar-refractivity contribution in [1.82, 2.24) is 10.2 Å². The van der Waals surface area contributed by atoms with Crippen molar-refractivity contribution < 1.29 is 4.79 Å². The molecule has 0 saturated carbocycles. The Bertz CT molecular complexity index is 486. The van der Waals surface area contributed by atoms with Gasteiger partial charge in [-0.05, 0) is 56.5 Å². The number of rotatable bonds is 4. The Balaban J connectivity index is 1.50. The summed E-state index contributed by atoms with van der Waals surface area (Å²) in [7, 11) is 1.73. The molecule has 2 heterocycles. The molecule has 2 aliphatic rings. The molecule has 0 spiro atoms. The fourth-order valence-corrected chi connectivity index (χ4v) is 3.60. The zero-order valence-electron chi connectivity index (χ0n) is 13.6. The fraction of sp³-hybridized carbons (Fsp3) is 0.611. The van der Waals surface area contributed by atoms with Crippen molar-refractivity contribution in [3.05, 3.63) is 29.8 Å². The number of hydrogen-bond acceptors (Lipinski definition) is 3. The largest absolute Gasteiger partial charge is 0.372 e. The predicted octanol–water partition coefficient (Wildman–Crippen LogP) is 2.24. The van der Waals surface area contributed by atoms with Crippen molar-refractivity contribution in [3.63, 3.8) is 0 Å². The first-order valence-corrected chi connectivity index (χ1v) is 8.54. The zero-order valence-corrected chi connectivity index (χ0v) is 13.6. The number of carbonyl (C=O) groups is 1. The minimum atomic E-state index is 0.203. The highest BCUT2D eigenvalue weighted by Gasteiger charge is 2.24. The average Bonchev–Trinajstić information content (AvgIpc) is 3.10. The monoisotopic (exact) mass is 301 g/mol. The SMILES string of the molecule is CNC(=O)C1CCN(Cc2ccc(N3CCCC3)cc2)CC1. The summed E-state index contributed by atoms with van der Waals surface area (Å²) in [5.74, 6) is 0.411. The van der Waals surface area contributed by atoms with Crippen LogP contribution in [0.5, 0.6) is 0 Å². The summed E-state index contributed by atoms with van der Waals surface area (Å²) in [5.41, 5.74) is 2.74. The van der Waals surface area contributed by atoms with Gasteiger partial charge in [0, 0.05) is 38.3 Å². The van der Waals surface area contributed by atoms with Crippen molar-refractivity contribution in [2.75, 3.05) is 38.1 Å². The van der Waals surface area contributed by atoms with Gasteiger partial charge in [-0.25, -0.2) is 0 Å². The van der Waals surface area contributed by atoms with Gasteiger partial charge in [0.1, 0.15) is 0 Å². The lowest BCUT2D eigenvalue weighted by atomic mass is 9.95. The number of benzene rings is 1. The molecule has 120 valence electrons. The maximum atomic E-state index is 11.7. The normalized spacial score (nSPS) is 20.3. The molecular formula is C18H27N3O. The minimum absolute atomic E-state index is 0.203. The maximum absolute atomic E-state index is 11.7. The smallest absolute Gasteiger partial charge is 0.222 e. The third-order valence-electron chi connectivity index (χ3n) is 5.02. The van der Waals surface area contributed by atoms with Crippen molar-refractivity contribution in [3.8, 4) is 0 Å². The molecule has 4 heteroatoms. The number of amides is 1. The third-order valence-corrected chi connectivity index (χ3v) is 5.02. The Hall–Kier alpha value is -1.55. The zero-order chi connectivity index (χ0) is 15.4. The molecule has 2 fully saturated rings. The van der Waals surface area contributed by atoms with E-state index in [1.54, 1.807) is 7.05 Å². The number of likely N-dealkylation sites (tertiary alicyclic amines) is 1. The lowest BCUT2D eigenvalue weighted by Gasteiger charge is -2.31. The van der Waals surface area contributed by atoms with E-state index in [9.17, 15) is 4.79 Å². The first-order valence-electron chi connectivity index (χ1n) is 8.54. The minimum Gasteiger partial charge on any atom is -0.372 e. The number of hydrogen-bond donors (Lipinski definition) is 1. The van der Waals surface area contributed by atoms with Crippen LogP contribution >= 0.6 is 0 Å². The first kappa shape index (κ1) is 15.3. The lowest BCUT2D eigenvalue weighted by Crippen LogP contribution is -2.39. The molecule has 0 radical (unpaired) electrons. The van der Waals surface area contributed by atoms with Gasteiger partial charge in [-0.2, -0.15) is 0 Å². The Morgan fingerprint density at radius 1 is 1.09 bits per heavy atom. The van der Waals surface area contributed by atoms with E-state index in [1.807, 2.05) is 0 Å². The molecule has 0 aromatic heterocycles. The van der Waals surface area contributed by atoms with Crippen LogP contribution in [-0.2, 0) is 11.3 Å². The first-order chi connectivity index (χ1) is 10.8. The summed E-state index contributed by atoms with van der Waals surface area (Å²) in [5, 5.41) is 2.77. The van der Waals surface area contributed by atoms with Crippen LogP contribution < -0.4 is 10.2 Å². The molecular weight excluding hydrogens is 274 g/mol. The Labute approximate surface area is 133 Å². The van der Waals surface area contributed by atoms with Crippen LogP contribution in [0.4, 0.5) is 5.69 Å². The second-order valence-corrected chi connectivity index (χ2v) is 6.53. The highest BCUT2D eigenvalue weighted by atomic mass is 16.1. The number of nitrogens with one attached hydrogen (secondary N) is 1. The summed E-state index contributed by atoms with van der Waals surface area (Å²) in [4.78, 5) is 16.6. The fourth-order valence-electron chi connectivity index (χ4n) is 3.60. The van der Waals surface area contributed by atoms with Crippen LogP contribution in [-0.4, -0.2) is 44.0 Å². The number of anilines is 1. The summed E-state index contributed by atoms with van der Waals surface area (Å²) in [6, 6.07) is 9.05. The van der Waals surface area contributed by atoms with Crippen LogP contribution in [0, 0.1) is 5.92 Å². The van der Waals surface area contributed by atoms with Crippen LogP contribution in [0.1, 0.15) is 31.2 Å². The van der Waals surface area contributed by atoms with Crippen LogP contribution in [0.2, 0.25) is 0 Å². The van der Waals surface area contributed by atoms with Gasteiger partial charge in [-0.3, -0.25) is 9.69 Å². The van der Waals surface area contributed by atoms with Gasteiger partial charge < -0.3 is 10.2 Å². The summed E-state index contributed by atoms with van der Waals surface area (Å²) in [6.45, 7) is 5.44. The molecule has 1 aromatic carbocycles. The molecule has 1 aromatic rings. The standard InChI is InChI=1S/C18H27N3O/c1-19-18(22)16-8-12-20(13-9-16)14-15-4-6-17(7-5-15)21-10-2-3-11-21/h4-7,16H,2-3,8-14H2,1H3,(H,19,22). The highest BCUT2D eigenvalue weighted by molar-refractivity contribution is 5.78. The summed E-state index contributed by atoms with van der Waals surface area (Å²) < 4.78 is 0. The molecule has 2 saturated heterocycles. The average molecular weight is 301 g/mol. The van der Waals surface area contributed by atoms with Gasteiger partial charge in [-0.15, -0.1) is 0 Å². The summed E-state index contributed by atoms with van der Waals surface area (Å²) >= 11 is 0. The van der Waals surface area contributed by atoms with E-state index in [2.05, 4.69) is 39.4 Å². The van der Waals surface area contributed by atoms with Gasteiger partial charge in [0.05, 0.1) is 0 Å². The van der Waals surface area contributed by atoms with Gasteiger partial charge in [-0.1, -0.05) is 12.1 Å². The topological polar surface area (TPSA) is 35.6 Å². The molecule has 0 atom stereocenters. The maximum Gasteiger partial charge on any atom is 0.222 e. The summed E-state index contributed by atoms with van der Waals surface area (Å²) in [6.07, 6.45) is 4.60. The van der Waals surface area contributed by atoms with E-state index < -0.39 is 0 Å². The molecule has 0 unspecified atom stereocenters. The van der Waals surface area contributed by atoms with Gasteiger partial charge in [0.15, 0.2) is 0 Å². The molecule has 0 bridgehead atoms. The van der Waals surface area contributed by atoms with E-state index in [0.717, 1.165) is 32.5 Å². The number of carbonyl (C=O) groups excluding carboxylic acids is 1. The van der Waals surface area contributed by atoms with Crippen LogP contribution in [0.3, 0.4) is 0 Å². The van der Waals surface area contributed by atoms with E-state index in [4.69, 9.17) is 0 Å². The quantitative estimate of drug-likeness (QED) is 0.926. The van der Waals surface area contributed by atoms with E-state index in [1.165, 1.54) is 37.2 Å². The van der Waals surface area contributed by atoms with Crippen molar-refractivity contribution in [2.45, 2.75) is 32.2 Å². The molecule has 4 nitrogen and oxygen atoms in total. The molecule has 1 N–H and O–H groups in total. The highest BCUT2D eigenvalue weighted by Crippen LogP contribution is 2.22. The van der Waals surface area contributed by atoms with Crippen LogP contribution in [0.25, 0.3) is 0 Å². The number of nitrogens with zero attached hydrogens (tertiary/aromatic N) is 2. The van der Waals surface area contributed by atoms with E-state index in [0.29, 0.717) is 0 Å². The van der Waals surface area contributed by atoms with Gasteiger partial charge >= 0.3 is 0 Å². The van der Waals surface area contributed by atoms with Crippen molar-refractivity contribution >= 4 is 11.6 Å². The van der Waals surface area contributed by atoms with Crippen LogP contribution in [0.15, 0.2) is 24.3 Å². The second kappa shape index (κ2) is 7.14. The molecule has 3 rings (SSSR count). The van der Waals surface area contributed by atoms with E-state index >= 15 is 0 Å². The third kappa shape index (κ3) is 3.61. The Morgan fingerprint density at radius 3 is 2.32 bits per heavy atom. The number of piperidine rings is 1. The Kier molecular flexibility index (Phi) is 4.98.